The Hall–Kier alpha value is -1.02. The predicted octanol–water partition coefficient (Wildman–Crippen LogP) is 5.13. The van der Waals surface area contributed by atoms with Crippen LogP contribution in [0.5, 0.6) is 0 Å². The van der Waals surface area contributed by atoms with Crippen molar-refractivity contribution >= 4 is 0 Å². The third-order valence-corrected chi connectivity index (χ3v) is 6.65. The van der Waals surface area contributed by atoms with Crippen LogP contribution >= 0.6 is 0 Å². The second kappa shape index (κ2) is 5.88. The second-order valence-electron chi connectivity index (χ2n) is 8.04. The van der Waals surface area contributed by atoms with Gasteiger partial charge in [0.1, 0.15) is 0 Å². The van der Waals surface area contributed by atoms with E-state index < -0.39 is 5.60 Å². The van der Waals surface area contributed by atoms with Crippen LogP contribution in [0.3, 0.4) is 0 Å². The van der Waals surface area contributed by atoms with E-state index in [2.05, 4.69) is 32.9 Å². The van der Waals surface area contributed by atoms with Gasteiger partial charge in [-0.3, -0.25) is 0 Å². The van der Waals surface area contributed by atoms with Crippen LogP contribution in [0.4, 0.5) is 0 Å². The Balaban J connectivity index is 1.83. The van der Waals surface area contributed by atoms with Crippen LogP contribution in [-0.4, -0.2) is 10.7 Å². The first kappa shape index (κ1) is 15.9. The molecule has 2 aliphatic rings. The first-order valence-electron chi connectivity index (χ1n) is 8.83. The average molecular weight is 302 g/mol. The lowest BCUT2D eigenvalue weighted by molar-refractivity contribution is -0.133. The maximum Gasteiger partial charge on any atom is 0.0934 e. The Labute approximate surface area is 134 Å². The van der Waals surface area contributed by atoms with E-state index >= 15 is 0 Å². The van der Waals surface area contributed by atoms with Crippen LogP contribution in [0.15, 0.2) is 34.7 Å². The zero-order valence-corrected chi connectivity index (χ0v) is 14.3. The van der Waals surface area contributed by atoms with Gasteiger partial charge in [-0.2, -0.15) is 0 Å². The first-order valence-corrected chi connectivity index (χ1v) is 8.83. The largest absolute Gasteiger partial charge is 0.472 e. The summed E-state index contributed by atoms with van der Waals surface area (Å²) in [6, 6.07) is 2.07. The lowest BCUT2D eigenvalue weighted by Crippen LogP contribution is -2.53. The smallest absolute Gasteiger partial charge is 0.0934 e. The van der Waals surface area contributed by atoms with Crippen molar-refractivity contribution in [3.8, 4) is 0 Å². The van der Waals surface area contributed by atoms with Gasteiger partial charge in [0.15, 0.2) is 0 Å². The van der Waals surface area contributed by atoms with Crippen molar-refractivity contribution in [1.29, 1.82) is 0 Å². The molecule has 0 amide bonds. The van der Waals surface area contributed by atoms with Crippen molar-refractivity contribution in [2.24, 2.45) is 17.3 Å². The van der Waals surface area contributed by atoms with Gasteiger partial charge in [-0.05, 0) is 80.8 Å². The van der Waals surface area contributed by atoms with Gasteiger partial charge in [-0.1, -0.05) is 25.5 Å². The van der Waals surface area contributed by atoms with Crippen LogP contribution in [0.2, 0.25) is 0 Å². The molecule has 0 aromatic carbocycles. The molecule has 0 unspecified atom stereocenters. The Kier molecular flexibility index (Phi) is 4.24. The zero-order chi connectivity index (χ0) is 15.8. The van der Waals surface area contributed by atoms with E-state index in [0.717, 1.165) is 44.9 Å². The van der Waals surface area contributed by atoms with E-state index in [1.54, 1.807) is 6.26 Å². The quantitative estimate of drug-likeness (QED) is 0.786. The molecule has 0 spiro atoms. The van der Waals surface area contributed by atoms with E-state index in [4.69, 9.17) is 4.42 Å². The highest BCUT2D eigenvalue weighted by atomic mass is 16.3. The van der Waals surface area contributed by atoms with Gasteiger partial charge in [0, 0.05) is 0 Å². The van der Waals surface area contributed by atoms with Gasteiger partial charge < -0.3 is 9.52 Å². The molecule has 0 aliphatic heterocycles. The Morgan fingerprint density at radius 3 is 2.91 bits per heavy atom. The molecule has 1 saturated carbocycles. The molecule has 1 aromatic rings. The minimum Gasteiger partial charge on any atom is -0.472 e. The normalized spacial score (nSPS) is 39.0. The fraction of sp³-hybridized carbons (Fsp3) is 0.700. The molecule has 0 radical (unpaired) electrons. The Bertz CT molecular complexity index is 530. The molecule has 2 aliphatic carbocycles. The van der Waals surface area contributed by atoms with Gasteiger partial charge >= 0.3 is 0 Å². The molecule has 0 saturated heterocycles. The summed E-state index contributed by atoms with van der Waals surface area (Å²) in [4.78, 5) is 0. The second-order valence-corrected chi connectivity index (χ2v) is 8.04. The SMILES string of the molecule is CC1=CCC[C@H]2[C@@](O)(CC[C@@H](C)[C@]2(C)CCc2ccoc2)C1. The van der Waals surface area contributed by atoms with E-state index in [9.17, 15) is 5.11 Å². The molecule has 0 bridgehead atoms. The van der Waals surface area contributed by atoms with Crippen molar-refractivity contribution in [1.82, 2.24) is 0 Å². The topological polar surface area (TPSA) is 33.4 Å². The van der Waals surface area contributed by atoms with E-state index in [1.165, 1.54) is 11.1 Å². The summed E-state index contributed by atoms with van der Waals surface area (Å²) in [7, 11) is 0. The van der Waals surface area contributed by atoms with E-state index in [0.29, 0.717) is 11.8 Å². The van der Waals surface area contributed by atoms with Crippen LogP contribution in [0, 0.1) is 17.3 Å². The van der Waals surface area contributed by atoms with Crippen molar-refractivity contribution in [3.63, 3.8) is 0 Å². The van der Waals surface area contributed by atoms with Gasteiger partial charge in [-0.15, -0.1) is 0 Å². The highest BCUT2D eigenvalue weighted by molar-refractivity contribution is 5.15. The summed E-state index contributed by atoms with van der Waals surface area (Å²) in [5, 5.41) is 11.4. The number of aryl methyl sites for hydroxylation is 1. The molecule has 122 valence electrons. The molecule has 1 heterocycles. The predicted molar refractivity (Wildman–Crippen MR) is 89.6 cm³/mol. The summed E-state index contributed by atoms with van der Waals surface area (Å²) in [5.41, 5.74) is 2.37. The van der Waals surface area contributed by atoms with Crippen LogP contribution in [0.1, 0.15) is 64.9 Å². The molecule has 22 heavy (non-hydrogen) atoms. The van der Waals surface area contributed by atoms with Gasteiger partial charge in [0.2, 0.25) is 0 Å². The Morgan fingerprint density at radius 1 is 1.36 bits per heavy atom. The number of furan rings is 1. The average Bonchev–Trinajstić information content (AvgIpc) is 2.93. The molecular formula is C20H30O2. The number of hydrogen-bond donors (Lipinski definition) is 1. The summed E-state index contributed by atoms with van der Waals surface area (Å²) in [6.07, 6.45) is 13.4. The maximum atomic E-state index is 11.4. The molecule has 4 atom stereocenters. The fourth-order valence-electron chi connectivity index (χ4n) is 5.06. The van der Waals surface area contributed by atoms with Crippen LogP contribution < -0.4 is 0 Å². The molecule has 1 fully saturated rings. The number of aliphatic hydroxyl groups is 1. The Morgan fingerprint density at radius 2 is 2.18 bits per heavy atom. The lowest BCUT2D eigenvalue weighted by Gasteiger charge is -2.54. The highest BCUT2D eigenvalue weighted by Gasteiger charge is 2.53. The highest BCUT2D eigenvalue weighted by Crippen LogP contribution is 2.56. The third-order valence-electron chi connectivity index (χ3n) is 6.65. The van der Waals surface area contributed by atoms with Gasteiger partial charge in [-0.25, -0.2) is 0 Å². The number of hydrogen-bond acceptors (Lipinski definition) is 2. The van der Waals surface area contributed by atoms with E-state index in [1.807, 2.05) is 6.26 Å². The molecule has 3 rings (SSSR count). The molecular weight excluding hydrogens is 272 g/mol. The van der Waals surface area contributed by atoms with Gasteiger partial charge in [0.25, 0.3) is 0 Å². The summed E-state index contributed by atoms with van der Waals surface area (Å²) < 4.78 is 5.22. The van der Waals surface area contributed by atoms with Gasteiger partial charge in [0.05, 0.1) is 18.1 Å². The minimum atomic E-state index is -0.491. The minimum absolute atomic E-state index is 0.211. The monoisotopic (exact) mass is 302 g/mol. The number of rotatable bonds is 3. The van der Waals surface area contributed by atoms with Crippen molar-refractivity contribution in [3.05, 3.63) is 35.8 Å². The van der Waals surface area contributed by atoms with E-state index in [-0.39, 0.29) is 5.41 Å². The summed E-state index contributed by atoms with van der Waals surface area (Å²) >= 11 is 0. The molecule has 2 nitrogen and oxygen atoms in total. The lowest BCUT2D eigenvalue weighted by atomic mass is 9.53. The van der Waals surface area contributed by atoms with Crippen molar-refractivity contribution in [2.45, 2.75) is 71.3 Å². The fourth-order valence-corrected chi connectivity index (χ4v) is 5.06. The van der Waals surface area contributed by atoms with Crippen molar-refractivity contribution < 1.29 is 9.52 Å². The standard InChI is InChI=1S/C20H30O2/c1-15-5-4-6-18-19(3,10-8-17-9-12-22-14-17)16(2)7-11-20(18,21)13-15/h5,9,12,14,16,18,21H,4,6-8,10-11,13H2,1-3H3/t16-,18-,19+,20-/m1/s1. The number of allylic oxidation sites excluding steroid dienone is 1. The third kappa shape index (κ3) is 2.78. The van der Waals surface area contributed by atoms with Crippen molar-refractivity contribution in [2.75, 3.05) is 0 Å². The van der Waals surface area contributed by atoms with Crippen LogP contribution in [0.25, 0.3) is 0 Å². The molecule has 1 N–H and O–H groups in total. The molecule has 2 heteroatoms. The number of fused-ring (bicyclic) bond motifs is 1. The zero-order valence-electron chi connectivity index (χ0n) is 14.3. The first-order chi connectivity index (χ1) is 10.4. The van der Waals surface area contributed by atoms with Crippen LogP contribution in [-0.2, 0) is 6.42 Å². The summed E-state index contributed by atoms with van der Waals surface area (Å²) in [5.74, 6) is 1.08. The summed E-state index contributed by atoms with van der Waals surface area (Å²) in [6.45, 7) is 6.99. The maximum absolute atomic E-state index is 11.4. The molecule has 1 aromatic heterocycles.